The van der Waals surface area contributed by atoms with E-state index in [2.05, 4.69) is 16.3 Å². The lowest BCUT2D eigenvalue weighted by atomic mass is 9.93. The summed E-state index contributed by atoms with van der Waals surface area (Å²) in [6.07, 6.45) is 5.77. The molecule has 5 heteroatoms. The lowest BCUT2D eigenvalue weighted by molar-refractivity contribution is -0.119. The van der Waals surface area contributed by atoms with Crippen molar-refractivity contribution < 1.29 is 4.79 Å². The largest absolute Gasteiger partial charge is 0.370 e. The Morgan fingerprint density at radius 2 is 2.10 bits per heavy atom. The summed E-state index contributed by atoms with van der Waals surface area (Å²) < 4.78 is 0. The Bertz CT molecular complexity index is 344. The maximum Gasteiger partial charge on any atom is 0.217 e. The fraction of sp³-hybridized carbons (Fsp3) is 0.867. The average Bonchev–Trinajstić information content (AvgIpc) is 2.44. The predicted molar refractivity (Wildman–Crippen MR) is 79.9 cm³/mol. The van der Waals surface area contributed by atoms with Crippen LogP contribution < -0.4 is 11.1 Å². The summed E-state index contributed by atoms with van der Waals surface area (Å²) in [6.45, 7) is 5.18. The molecule has 0 saturated carbocycles. The smallest absolute Gasteiger partial charge is 0.217 e. The van der Waals surface area contributed by atoms with Crippen molar-refractivity contribution in [1.82, 2.24) is 10.2 Å². The van der Waals surface area contributed by atoms with E-state index in [4.69, 9.17) is 11.0 Å². The lowest BCUT2D eigenvalue weighted by Gasteiger charge is -2.31. The number of carbonyl (C=O) groups is 1. The van der Waals surface area contributed by atoms with Crippen molar-refractivity contribution in [3.8, 4) is 6.07 Å². The number of primary amides is 1. The Morgan fingerprint density at radius 1 is 1.45 bits per heavy atom. The van der Waals surface area contributed by atoms with Gasteiger partial charge in [-0.05, 0) is 71.6 Å². The number of piperidine rings is 1. The summed E-state index contributed by atoms with van der Waals surface area (Å²) in [5.74, 6) is 0.307. The van der Waals surface area contributed by atoms with E-state index in [1.54, 1.807) is 0 Å². The number of hydrogen-bond acceptors (Lipinski definition) is 4. The Kier molecular flexibility index (Phi) is 6.97. The number of nitrogens with one attached hydrogen (secondary N) is 1. The first-order valence-corrected chi connectivity index (χ1v) is 7.60. The van der Waals surface area contributed by atoms with Gasteiger partial charge in [0.1, 0.15) is 5.54 Å². The van der Waals surface area contributed by atoms with Gasteiger partial charge in [0.25, 0.3) is 0 Å². The molecule has 114 valence electrons. The van der Waals surface area contributed by atoms with E-state index in [1.807, 2.05) is 14.0 Å². The normalized spacial score (nSPS) is 20.2. The second kappa shape index (κ2) is 8.23. The van der Waals surface area contributed by atoms with Crippen molar-refractivity contribution in [2.24, 2.45) is 11.7 Å². The molecule has 0 aromatic heterocycles. The van der Waals surface area contributed by atoms with Crippen LogP contribution in [-0.4, -0.2) is 43.0 Å². The number of amides is 1. The van der Waals surface area contributed by atoms with Crippen LogP contribution in [0.4, 0.5) is 0 Å². The minimum absolute atomic E-state index is 0.175. The number of likely N-dealkylation sites (tertiary alicyclic amines) is 1. The zero-order chi connectivity index (χ0) is 15.0. The van der Waals surface area contributed by atoms with Crippen LogP contribution in [0.1, 0.15) is 45.4 Å². The van der Waals surface area contributed by atoms with Crippen LogP contribution in [0.15, 0.2) is 0 Å². The predicted octanol–water partition coefficient (Wildman–Crippen LogP) is 1.25. The van der Waals surface area contributed by atoms with Gasteiger partial charge in [-0.1, -0.05) is 0 Å². The Labute approximate surface area is 122 Å². The van der Waals surface area contributed by atoms with Gasteiger partial charge in [-0.25, -0.2) is 0 Å². The van der Waals surface area contributed by atoms with Crippen LogP contribution in [0, 0.1) is 17.2 Å². The van der Waals surface area contributed by atoms with E-state index < -0.39 is 5.54 Å². The maximum atomic E-state index is 10.9. The molecule has 0 bridgehead atoms. The Balaban J connectivity index is 2.13. The van der Waals surface area contributed by atoms with Gasteiger partial charge < -0.3 is 16.0 Å². The van der Waals surface area contributed by atoms with E-state index in [-0.39, 0.29) is 5.91 Å². The second-order valence-corrected chi connectivity index (χ2v) is 6.11. The molecule has 1 saturated heterocycles. The number of unbranched alkanes of at least 4 members (excludes halogenated alkanes) is 1. The molecule has 1 amide bonds. The second-order valence-electron chi connectivity index (χ2n) is 6.11. The number of nitriles is 1. The van der Waals surface area contributed by atoms with Crippen LogP contribution in [0.2, 0.25) is 0 Å². The zero-order valence-electron chi connectivity index (χ0n) is 12.8. The molecule has 1 aliphatic heterocycles. The molecule has 0 spiro atoms. The third-order valence-corrected chi connectivity index (χ3v) is 4.40. The fourth-order valence-corrected chi connectivity index (χ4v) is 2.75. The van der Waals surface area contributed by atoms with Gasteiger partial charge in [-0.2, -0.15) is 5.26 Å². The molecule has 1 rings (SSSR count). The Hall–Kier alpha value is -1.12. The monoisotopic (exact) mass is 280 g/mol. The molecule has 3 N–H and O–H groups in total. The summed E-state index contributed by atoms with van der Waals surface area (Å²) in [5.41, 5.74) is 4.84. The summed E-state index contributed by atoms with van der Waals surface area (Å²) >= 11 is 0. The van der Waals surface area contributed by atoms with Gasteiger partial charge >= 0.3 is 0 Å². The Morgan fingerprint density at radius 3 is 2.60 bits per heavy atom. The first-order valence-electron chi connectivity index (χ1n) is 7.60. The first kappa shape index (κ1) is 16.9. The summed E-state index contributed by atoms with van der Waals surface area (Å²) in [5, 5.41) is 12.1. The molecule has 5 nitrogen and oxygen atoms in total. The van der Waals surface area contributed by atoms with Gasteiger partial charge in [-0.15, -0.1) is 0 Å². The van der Waals surface area contributed by atoms with E-state index in [0.717, 1.165) is 51.7 Å². The highest BCUT2D eigenvalue weighted by atomic mass is 16.1. The van der Waals surface area contributed by atoms with Crippen LogP contribution in [-0.2, 0) is 4.79 Å². The van der Waals surface area contributed by atoms with Gasteiger partial charge in [0, 0.05) is 6.42 Å². The molecular formula is C15H28N4O. The van der Waals surface area contributed by atoms with Crippen molar-refractivity contribution in [1.29, 1.82) is 5.26 Å². The van der Waals surface area contributed by atoms with Gasteiger partial charge in [0.05, 0.1) is 6.07 Å². The van der Waals surface area contributed by atoms with Crippen molar-refractivity contribution >= 4 is 5.91 Å². The first-order chi connectivity index (χ1) is 9.49. The standard InChI is InChI=1S/C15H28N4O/c1-15(12-16,18-2)7-3-4-8-19-9-5-13(6-10-19)11-14(17)20/h13,18H,3-11H2,1-2H3,(H2,17,20). The fourth-order valence-electron chi connectivity index (χ4n) is 2.75. The third-order valence-electron chi connectivity index (χ3n) is 4.40. The SMILES string of the molecule is CNC(C)(C#N)CCCCN1CCC(CC(N)=O)CC1. The number of hydrogen-bond donors (Lipinski definition) is 2. The summed E-state index contributed by atoms with van der Waals surface area (Å²) in [6, 6.07) is 2.32. The van der Waals surface area contributed by atoms with Gasteiger partial charge in [0.2, 0.25) is 5.91 Å². The average molecular weight is 280 g/mol. The molecule has 1 unspecified atom stereocenters. The van der Waals surface area contributed by atoms with Crippen LogP contribution in [0.25, 0.3) is 0 Å². The molecule has 1 atom stereocenters. The molecular weight excluding hydrogens is 252 g/mol. The highest BCUT2D eigenvalue weighted by Gasteiger charge is 2.22. The van der Waals surface area contributed by atoms with Crippen molar-refractivity contribution in [3.63, 3.8) is 0 Å². The minimum Gasteiger partial charge on any atom is -0.370 e. The van der Waals surface area contributed by atoms with Gasteiger partial charge in [-0.3, -0.25) is 4.79 Å². The highest BCUT2D eigenvalue weighted by molar-refractivity contribution is 5.73. The summed E-state index contributed by atoms with van der Waals surface area (Å²) in [7, 11) is 1.84. The number of nitrogens with two attached hydrogens (primary N) is 1. The molecule has 20 heavy (non-hydrogen) atoms. The molecule has 0 aromatic rings. The number of carbonyl (C=O) groups excluding carboxylic acids is 1. The van der Waals surface area contributed by atoms with Gasteiger partial charge in [0.15, 0.2) is 0 Å². The maximum absolute atomic E-state index is 10.9. The third kappa shape index (κ3) is 5.89. The van der Waals surface area contributed by atoms with Crippen molar-refractivity contribution in [2.75, 3.05) is 26.7 Å². The van der Waals surface area contributed by atoms with Crippen molar-refractivity contribution in [2.45, 2.75) is 51.0 Å². The highest BCUT2D eigenvalue weighted by Crippen LogP contribution is 2.21. The minimum atomic E-state index is -0.394. The van der Waals surface area contributed by atoms with E-state index in [1.165, 1.54) is 0 Å². The lowest BCUT2D eigenvalue weighted by Crippen LogP contribution is -2.38. The topological polar surface area (TPSA) is 82.2 Å². The quantitative estimate of drug-likeness (QED) is 0.655. The molecule has 1 fully saturated rings. The van der Waals surface area contributed by atoms with E-state index in [0.29, 0.717) is 12.3 Å². The number of rotatable bonds is 8. The zero-order valence-corrected chi connectivity index (χ0v) is 12.8. The molecule has 0 radical (unpaired) electrons. The molecule has 0 aromatic carbocycles. The van der Waals surface area contributed by atoms with Crippen LogP contribution in [0.5, 0.6) is 0 Å². The number of nitrogens with zero attached hydrogens (tertiary/aromatic N) is 2. The van der Waals surface area contributed by atoms with Crippen LogP contribution in [0.3, 0.4) is 0 Å². The van der Waals surface area contributed by atoms with Crippen molar-refractivity contribution in [3.05, 3.63) is 0 Å². The molecule has 0 aliphatic carbocycles. The van der Waals surface area contributed by atoms with E-state index in [9.17, 15) is 4.79 Å². The molecule has 1 aliphatic rings. The summed E-state index contributed by atoms with van der Waals surface area (Å²) in [4.78, 5) is 13.3. The van der Waals surface area contributed by atoms with Crippen LogP contribution >= 0.6 is 0 Å². The molecule has 1 heterocycles. The van der Waals surface area contributed by atoms with E-state index >= 15 is 0 Å².